The molecule has 0 aromatic rings. The first-order chi connectivity index (χ1) is 12.4. The fourth-order valence-electron chi connectivity index (χ4n) is 3.83. The molecule has 148 valence electrons. The molecular formula is C19H36N6O. The fraction of sp³-hybridized carbons (Fsp3) is 0.737. The van der Waals surface area contributed by atoms with Crippen molar-refractivity contribution in [3.8, 4) is 0 Å². The molecule has 2 rings (SSSR count). The van der Waals surface area contributed by atoms with Crippen LogP contribution >= 0.6 is 0 Å². The molecule has 0 bridgehead atoms. The number of nitrogens with zero attached hydrogens (tertiary/aromatic N) is 1. The number of rotatable bonds is 6. The topological polar surface area (TPSA) is 122 Å². The molecule has 1 amide bonds. The molecule has 7 nitrogen and oxygen atoms in total. The predicted octanol–water partition coefficient (Wildman–Crippen LogP) is 0.827. The van der Waals surface area contributed by atoms with Gasteiger partial charge in [0.1, 0.15) is 5.82 Å². The minimum atomic E-state index is -0.442. The van der Waals surface area contributed by atoms with Crippen molar-refractivity contribution in [1.82, 2.24) is 15.5 Å². The van der Waals surface area contributed by atoms with Crippen molar-refractivity contribution >= 4 is 5.91 Å². The van der Waals surface area contributed by atoms with E-state index in [1.54, 1.807) is 19.9 Å². The summed E-state index contributed by atoms with van der Waals surface area (Å²) in [6, 6.07) is 1.21. The fourth-order valence-corrected chi connectivity index (χ4v) is 3.83. The number of likely N-dealkylation sites (tertiary alicyclic amines) is 1. The standard InChI is InChI=1S/C19H36N6O/c1-13(20)12-17(19(26)23-14(2)21)18(22)25-10-8-16(9-11-25)24-15-6-4-3-5-7-15/h12,14-16,24H,3-11,20-22H2,1-2H3,(H,23,26)/b13-12-,18-17-. The Kier molecular flexibility index (Phi) is 7.78. The van der Waals surface area contributed by atoms with Crippen LogP contribution in [0.25, 0.3) is 0 Å². The molecule has 1 unspecified atom stereocenters. The number of hydrogen-bond acceptors (Lipinski definition) is 6. The maximum atomic E-state index is 12.4. The van der Waals surface area contributed by atoms with Crippen LogP contribution in [0.15, 0.2) is 23.2 Å². The van der Waals surface area contributed by atoms with E-state index in [9.17, 15) is 4.79 Å². The van der Waals surface area contributed by atoms with E-state index in [1.807, 2.05) is 0 Å². The molecule has 1 heterocycles. The molecule has 2 aliphatic rings. The highest BCUT2D eigenvalue weighted by atomic mass is 16.1. The Labute approximate surface area is 157 Å². The van der Waals surface area contributed by atoms with Gasteiger partial charge in [-0.15, -0.1) is 0 Å². The average Bonchev–Trinajstić information content (AvgIpc) is 2.60. The highest BCUT2D eigenvalue weighted by Gasteiger charge is 2.25. The van der Waals surface area contributed by atoms with E-state index in [0.717, 1.165) is 25.9 Å². The van der Waals surface area contributed by atoms with Crippen LogP contribution in [0.1, 0.15) is 58.8 Å². The van der Waals surface area contributed by atoms with E-state index in [1.165, 1.54) is 32.1 Å². The first-order valence-corrected chi connectivity index (χ1v) is 9.87. The van der Waals surface area contributed by atoms with Crippen molar-refractivity contribution in [2.45, 2.75) is 77.0 Å². The molecule has 1 saturated carbocycles. The highest BCUT2D eigenvalue weighted by molar-refractivity contribution is 5.97. The van der Waals surface area contributed by atoms with Crippen LogP contribution in [0, 0.1) is 0 Å². The predicted molar refractivity (Wildman–Crippen MR) is 106 cm³/mol. The minimum absolute atomic E-state index is 0.287. The maximum Gasteiger partial charge on any atom is 0.256 e. The Morgan fingerprint density at radius 1 is 1.08 bits per heavy atom. The van der Waals surface area contributed by atoms with Crippen molar-refractivity contribution in [2.75, 3.05) is 13.1 Å². The molecule has 0 radical (unpaired) electrons. The number of hydrogen-bond donors (Lipinski definition) is 5. The molecule has 1 aliphatic heterocycles. The zero-order valence-electron chi connectivity index (χ0n) is 16.3. The average molecular weight is 365 g/mol. The third-order valence-electron chi connectivity index (χ3n) is 5.16. The summed E-state index contributed by atoms with van der Waals surface area (Å²) >= 11 is 0. The van der Waals surface area contributed by atoms with Crippen molar-refractivity contribution in [1.29, 1.82) is 0 Å². The van der Waals surface area contributed by atoms with Crippen LogP contribution in [0.2, 0.25) is 0 Å². The first-order valence-electron chi connectivity index (χ1n) is 9.87. The van der Waals surface area contributed by atoms with Gasteiger partial charge in [-0.25, -0.2) is 0 Å². The van der Waals surface area contributed by atoms with E-state index in [0.29, 0.717) is 29.2 Å². The molecule has 0 aromatic carbocycles. The third kappa shape index (κ3) is 6.21. The molecule has 0 aromatic heterocycles. The summed E-state index contributed by atoms with van der Waals surface area (Å²) in [6.07, 6.45) is 9.90. The van der Waals surface area contributed by atoms with E-state index >= 15 is 0 Å². The van der Waals surface area contributed by atoms with E-state index < -0.39 is 6.17 Å². The highest BCUT2D eigenvalue weighted by Crippen LogP contribution is 2.21. The van der Waals surface area contributed by atoms with E-state index in [2.05, 4.69) is 15.5 Å². The molecule has 2 fully saturated rings. The van der Waals surface area contributed by atoms with Crippen molar-refractivity contribution in [3.63, 3.8) is 0 Å². The number of allylic oxidation sites excluding steroid dienone is 1. The maximum absolute atomic E-state index is 12.4. The van der Waals surface area contributed by atoms with E-state index in [4.69, 9.17) is 17.2 Å². The van der Waals surface area contributed by atoms with Crippen molar-refractivity contribution in [3.05, 3.63) is 23.2 Å². The van der Waals surface area contributed by atoms with Crippen molar-refractivity contribution < 1.29 is 4.79 Å². The minimum Gasteiger partial charge on any atom is -0.402 e. The summed E-state index contributed by atoms with van der Waals surface area (Å²) in [5.74, 6) is 0.189. The van der Waals surface area contributed by atoms with Gasteiger partial charge in [0.05, 0.1) is 11.7 Å². The lowest BCUT2D eigenvalue weighted by atomic mass is 9.93. The van der Waals surface area contributed by atoms with Crippen LogP contribution < -0.4 is 27.8 Å². The second kappa shape index (κ2) is 9.83. The zero-order valence-corrected chi connectivity index (χ0v) is 16.3. The van der Waals surface area contributed by atoms with Crippen LogP contribution in [0.4, 0.5) is 0 Å². The summed E-state index contributed by atoms with van der Waals surface area (Å²) in [5, 5.41) is 6.51. The van der Waals surface area contributed by atoms with Gasteiger partial charge in [0.25, 0.3) is 5.91 Å². The molecule has 1 saturated heterocycles. The van der Waals surface area contributed by atoms with Crippen LogP contribution in [0.5, 0.6) is 0 Å². The summed E-state index contributed by atoms with van der Waals surface area (Å²) in [4.78, 5) is 14.5. The quantitative estimate of drug-likeness (QED) is 0.270. The number of amides is 1. The van der Waals surface area contributed by atoms with Gasteiger partial charge in [0.15, 0.2) is 0 Å². The lowest BCUT2D eigenvalue weighted by Gasteiger charge is -2.37. The number of carbonyl (C=O) groups is 1. The van der Waals surface area contributed by atoms with Gasteiger partial charge < -0.3 is 32.7 Å². The second-order valence-corrected chi connectivity index (χ2v) is 7.71. The Morgan fingerprint density at radius 2 is 1.65 bits per heavy atom. The Bertz CT molecular complexity index is 524. The molecule has 0 spiro atoms. The van der Waals surface area contributed by atoms with Gasteiger partial charge in [0, 0.05) is 30.9 Å². The summed E-state index contributed by atoms with van der Waals surface area (Å²) < 4.78 is 0. The number of nitrogens with two attached hydrogens (primary N) is 3. The van der Waals surface area contributed by atoms with E-state index in [-0.39, 0.29) is 5.91 Å². The molecule has 7 heteroatoms. The number of piperidine rings is 1. The molecular weight excluding hydrogens is 328 g/mol. The monoisotopic (exact) mass is 364 g/mol. The Morgan fingerprint density at radius 3 is 2.19 bits per heavy atom. The largest absolute Gasteiger partial charge is 0.402 e. The summed E-state index contributed by atoms with van der Waals surface area (Å²) in [5.41, 5.74) is 18.7. The molecule has 1 atom stereocenters. The van der Waals surface area contributed by atoms with Crippen LogP contribution in [0.3, 0.4) is 0 Å². The van der Waals surface area contributed by atoms with Crippen LogP contribution in [-0.2, 0) is 4.79 Å². The normalized spacial score (nSPS) is 22.7. The van der Waals surface area contributed by atoms with Gasteiger partial charge in [-0.3, -0.25) is 4.79 Å². The SMILES string of the molecule is C/C(N)=C/C(C(=O)NC(C)N)=C(\N)N1CCC(NC2CCCCC2)CC1. The molecule has 1 aliphatic carbocycles. The molecule has 26 heavy (non-hydrogen) atoms. The van der Waals surface area contributed by atoms with Gasteiger partial charge in [-0.1, -0.05) is 19.3 Å². The summed E-state index contributed by atoms with van der Waals surface area (Å²) in [6.45, 7) is 5.13. The Hall–Kier alpha value is -1.73. The van der Waals surface area contributed by atoms with Crippen LogP contribution in [-0.4, -0.2) is 42.1 Å². The molecule has 8 N–H and O–H groups in total. The zero-order chi connectivity index (χ0) is 19.1. The summed E-state index contributed by atoms with van der Waals surface area (Å²) in [7, 11) is 0. The van der Waals surface area contributed by atoms with Crippen molar-refractivity contribution in [2.24, 2.45) is 17.2 Å². The smallest absolute Gasteiger partial charge is 0.256 e. The van der Waals surface area contributed by atoms with Gasteiger partial charge in [-0.05, 0) is 45.6 Å². The van der Waals surface area contributed by atoms with Gasteiger partial charge in [-0.2, -0.15) is 0 Å². The third-order valence-corrected chi connectivity index (χ3v) is 5.16. The van der Waals surface area contributed by atoms with Gasteiger partial charge in [0.2, 0.25) is 0 Å². The first kappa shape index (κ1) is 20.6. The number of carbonyl (C=O) groups excluding carboxylic acids is 1. The van der Waals surface area contributed by atoms with Gasteiger partial charge >= 0.3 is 0 Å². The Balaban J connectivity index is 1.98. The lowest BCUT2D eigenvalue weighted by molar-refractivity contribution is -0.117. The second-order valence-electron chi connectivity index (χ2n) is 7.71. The lowest BCUT2D eigenvalue weighted by Crippen LogP contribution is -2.48. The number of nitrogens with one attached hydrogen (secondary N) is 2.